The number of nitrogens with one attached hydrogen (secondary N) is 1. The molecule has 1 atom stereocenters. The molecule has 1 N–H and O–H groups in total. The van der Waals surface area contributed by atoms with Crippen molar-refractivity contribution in [3.8, 4) is 0 Å². The van der Waals surface area contributed by atoms with Gasteiger partial charge in [0.2, 0.25) is 10.0 Å². The maximum Gasteiger partial charge on any atom is 0.241 e. The zero-order valence-electron chi connectivity index (χ0n) is 12.3. The van der Waals surface area contributed by atoms with Crippen molar-refractivity contribution >= 4 is 10.0 Å². The summed E-state index contributed by atoms with van der Waals surface area (Å²) in [4.78, 5) is 0.327. The predicted molar refractivity (Wildman–Crippen MR) is 83.7 cm³/mol. The first-order valence-electron chi connectivity index (χ1n) is 7.14. The number of sulfonamides is 1. The van der Waals surface area contributed by atoms with Gasteiger partial charge in [-0.2, -0.15) is 0 Å². The highest BCUT2D eigenvalue weighted by Crippen LogP contribution is 2.32. The van der Waals surface area contributed by atoms with Gasteiger partial charge in [-0.3, -0.25) is 0 Å². The van der Waals surface area contributed by atoms with E-state index in [1.54, 1.807) is 12.1 Å². The molecular weight excluding hydrogens is 282 g/mol. The van der Waals surface area contributed by atoms with Gasteiger partial charge in [-0.15, -0.1) is 0 Å². The summed E-state index contributed by atoms with van der Waals surface area (Å²) in [5, 5.41) is 0. The van der Waals surface area contributed by atoms with E-state index >= 15 is 0 Å². The third kappa shape index (κ3) is 2.87. The first-order chi connectivity index (χ1) is 9.95. The van der Waals surface area contributed by atoms with Gasteiger partial charge in [0.25, 0.3) is 0 Å². The predicted octanol–water partition coefficient (Wildman–Crippen LogP) is 3.27. The minimum Gasteiger partial charge on any atom is -0.207 e. The molecule has 2 aromatic carbocycles. The van der Waals surface area contributed by atoms with Crippen LogP contribution in [0.3, 0.4) is 0 Å². The summed E-state index contributed by atoms with van der Waals surface area (Å²) in [5.41, 5.74) is 4.63. The molecule has 0 radical (unpaired) electrons. The van der Waals surface area contributed by atoms with Gasteiger partial charge in [-0.1, -0.05) is 41.5 Å². The molecule has 4 heteroatoms. The third-order valence-electron chi connectivity index (χ3n) is 4.00. The van der Waals surface area contributed by atoms with Crippen molar-refractivity contribution in [3.05, 3.63) is 64.7 Å². The summed E-state index contributed by atoms with van der Waals surface area (Å²) in [6, 6.07) is 13.1. The normalized spacial score (nSPS) is 17.7. The number of benzene rings is 2. The van der Waals surface area contributed by atoms with Crippen LogP contribution in [0.2, 0.25) is 0 Å². The van der Waals surface area contributed by atoms with Gasteiger partial charge in [0.1, 0.15) is 0 Å². The molecule has 0 aromatic heterocycles. The number of hydrogen-bond donors (Lipinski definition) is 1. The van der Waals surface area contributed by atoms with Crippen LogP contribution < -0.4 is 4.72 Å². The smallest absolute Gasteiger partial charge is 0.207 e. The highest BCUT2D eigenvalue weighted by molar-refractivity contribution is 7.89. The van der Waals surface area contributed by atoms with Crippen LogP contribution in [0, 0.1) is 13.8 Å². The van der Waals surface area contributed by atoms with Crippen molar-refractivity contribution < 1.29 is 8.42 Å². The molecule has 3 rings (SSSR count). The van der Waals surface area contributed by atoms with E-state index in [-0.39, 0.29) is 6.04 Å². The second kappa shape index (κ2) is 5.28. The quantitative estimate of drug-likeness (QED) is 0.945. The summed E-state index contributed by atoms with van der Waals surface area (Å²) in [6.07, 6.45) is 1.75. The summed E-state index contributed by atoms with van der Waals surface area (Å²) in [5.74, 6) is 0. The Morgan fingerprint density at radius 1 is 1.00 bits per heavy atom. The average Bonchev–Trinajstić information content (AvgIpc) is 2.81. The lowest BCUT2D eigenvalue weighted by Gasteiger charge is -2.15. The summed E-state index contributed by atoms with van der Waals surface area (Å²) < 4.78 is 27.8. The Hall–Kier alpha value is -1.65. The fourth-order valence-electron chi connectivity index (χ4n) is 2.84. The Morgan fingerprint density at radius 3 is 2.38 bits per heavy atom. The Bertz CT molecular complexity index is 764. The summed E-state index contributed by atoms with van der Waals surface area (Å²) in [6.45, 7) is 4.00. The molecule has 1 unspecified atom stereocenters. The van der Waals surface area contributed by atoms with E-state index in [4.69, 9.17) is 0 Å². The Labute approximate surface area is 126 Å². The number of aryl methyl sites for hydroxylation is 3. The molecule has 21 heavy (non-hydrogen) atoms. The molecule has 0 spiro atoms. The molecule has 110 valence electrons. The fraction of sp³-hybridized carbons (Fsp3) is 0.294. The molecule has 0 fully saturated rings. The highest BCUT2D eigenvalue weighted by atomic mass is 32.2. The van der Waals surface area contributed by atoms with Crippen LogP contribution >= 0.6 is 0 Å². The van der Waals surface area contributed by atoms with Crippen LogP contribution in [0.4, 0.5) is 0 Å². The number of fused-ring (bicyclic) bond motifs is 1. The van der Waals surface area contributed by atoms with E-state index in [1.807, 2.05) is 31.2 Å². The first kappa shape index (κ1) is 14.3. The number of rotatable bonds is 3. The van der Waals surface area contributed by atoms with Gasteiger partial charge in [0.15, 0.2) is 0 Å². The van der Waals surface area contributed by atoms with Crippen LogP contribution in [-0.4, -0.2) is 8.42 Å². The molecule has 0 bridgehead atoms. The van der Waals surface area contributed by atoms with Crippen molar-refractivity contribution in [2.24, 2.45) is 0 Å². The number of hydrogen-bond acceptors (Lipinski definition) is 2. The Kier molecular flexibility index (Phi) is 3.59. The molecule has 0 amide bonds. The topological polar surface area (TPSA) is 46.2 Å². The SMILES string of the molecule is Cc1ccc(S(=O)(=O)NC2CCc3cc(C)ccc32)cc1. The molecule has 1 aliphatic rings. The zero-order valence-corrected chi connectivity index (χ0v) is 13.1. The van der Waals surface area contributed by atoms with E-state index in [0.717, 1.165) is 24.0 Å². The molecule has 3 nitrogen and oxygen atoms in total. The minimum absolute atomic E-state index is 0.119. The second-order valence-corrected chi connectivity index (χ2v) is 7.44. The summed E-state index contributed by atoms with van der Waals surface area (Å²) in [7, 11) is -3.46. The van der Waals surface area contributed by atoms with Gasteiger partial charge >= 0.3 is 0 Å². The van der Waals surface area contributed by atoms with E-state index < -0.39 is 10.0 Å². The largest absolute Gasteiger partial charge is 0.241 e. The molecule has 0 saturated carbocycles. The maximum atomic E-state index is 12.5. The Morgan fingerprint density at radius 2 is 1.67 bits per heavy atom. The van der Waals surface area contributed by atoms with Crippen LogP contribution in [0.25, 0.3) is 0 Å². The lowest BCUT2D eigenvalue weighted by Crippen LogP contribution is -2.27. The second-order valence-electron chi connectivity index (χ2n) is 5.73. The molecule has 0 aliphatic heterocycles. The standard InChI is InChI=1S/C17H19NO2S/c1-12-3-7-15(8-4-12)21(19,20)18-17-10-6-14-11-13(2)5-9-16(14)17/h3-5,7-9,11,17-18H,6,10H2,1-2H3. The third-order valence-corrected chi connectivity index (χ3v) is 5.49. The van der Waals surface area contributed by atoms with Crippen LogP contribution in [0.1, 0.15) is 34.7 Å². The zero-order chi connectivity index (χ0) is 15.0. The van der Waals surface area contributed by atoms with Crippen LogP contribution in [0.15, 0.2) is 47.4 Å². The van der Waals surface area contributed by atoms with Gasteiger partial charge in [-0.25, -0.2) is 13.1 Å². The molecular formula is C17H19NO2S. The molecule has 0 saturated heterocycles. The van der Waals surface area contributed by atoms with Gasteiger partial charge < -0.3 is 0 Å². The molecule has 1 aliphatic carbocycles. The lowest BCUT2D eigenvalue weighted by molar-refractivity contribution is 0.554. The Balaban J connectivity index is 1.86. The van der Waals surface area contributed by atoms with Crippen molar-refractivity contribution in [2.45, 2.75) is 37.6 Å². The van der Waals surface area contributed by atoms with Gasteiger partial charge in [0, 0.05) is 6.04 Å². The van der Waals surface area contributed by atoms with Crippen molar-refractivity contribution in [1.29, 1.82) is 0 Å². The van der Waals surface area contributed by atoms with Crippen LogP contribution in [-0.2, 0) is 16.4 Å². The van der Waals surface area contributed by atoms with E-state index in [9.17, 15) is 8.42 Å². The minimum atomic E-state index is -3.46. The first-order valence-corrected chi connectivity index (χ1v) is 8.62. The maximum absolute atomic E-state index is 12.5. The van der Waals surface area contributed by atoms with Crippen molar-refractivity contribution in [2.75, 3.05) is 0 Å². The highest BCUT2D eigenvalue weighted by Gasteiger charge is 2.27. The lowest BCUT2D eigenvalue weighted by atomic mass is 10.1. The summed E-state index contributed by atoms with van der Waals surface area (Å²) >= 11 is 0. The monoisotopic (exact) mass is 301 g/mol. The van der Waals surface area contributed by atoms with E-state index in [1.165, 1.54) is 11.1 Å². The van der Waals surface area contributed by atoms with E-state index in [2.05, 4.69) is 17.7 Å². The average molecular weight is 301 g/mol. The molecule has 2 aromatic rings. The van der Waals surface area contributed by atoms with Gasteiger partial charge in [-0.05, 0) is 49.9 Å². The van der Waals surface area contributed by atoms with Crippen molar-refractivity contribution in [3.63, 3.8) is 0 Å². The van der Waals surface area contributed by atoms with Gasteiger partial charge in [0.05, 0.1) is 4.90 Å². The van der Waals surface area contributed by atoms with Crippen LogP contribution in [0.5, 0.6) is 0 Å². The molecule has 0 heterocycles. The fourth-order valence-corrected chi connectivity index (χ4v) is 4.09. The van der Waals surface area contributed by atoms with E-state index in [0.29, 0.717) is 4.90 Å². The van der Waals surface area contributed by atoms with Crippen molar-refractivity contribution in [1.82, 2.24) is 4.72 Å².